The normalized spacial score (nSPS) is 11.5. The molecule has 0 bridgehead atoms. The van der Waals surface area contributed by atoms with E-state index in [0.717, 1.165) is 10.0 Å². The molecule has 4 nitrogen and oxygen atoms in total. The first-order valence-corrected chi connectivity index (χ1v) is 7.17. The molecule has 0 spiro atoms. The lowest BCUT2D eigenvalue weighted by Crippen LogP contribution is -2.18. The van der Waals surface area contributed by atoms with Gasteiger partial charge in [-0.15, -0.1) is 0 Å². The van der Waals surface area contributed by atoms with Gasteiger partial charge in [-0.1, -0.05) is 28.1 Å². The van der Waals surface area contributed by atoms with Crippen LogP contribution < -0.4 is 15.2 Å². The average molecular weight is 347 g/mol. The molecular weight excluding hydrogens is 332 g/mol. The van der Waals surface area contributed by atoms with Gasteiger partial charge >= 0.3 is 0 Å². The summed E-state index contributed by atoms with van der Waals surface area (Å²) in [5.74, 6) is 1.08. The number of nitrogens with two attached hydrogens (primary N) is 1. The third-order valence-electron chi connectivity index (χ3n) is 3.00. The van der Waals surface area contributed by atoms with E-state index in [4.69, 9.17) is 20.5 Å². The minimum absolute atomic E-state index is 0.288. The first-order valence-electron chi connectivity index (χ1n) is 6.38. The standard InChI is InChI=1S/C16H15BrN2O2/c1-20-15-7-11(9-18)5-6-14(15)21-16(10-19)12-3-2-4-13(17)8-12/h2-8,16H,10,19H2,1H3. The molecule has 21 heavy (non-hydrogen) atoms. The summed E-state index contributed by atoms with van der Waals surface area (Å²) >= 11 is 3.43. The fourth-order valence-electron chi connectivity index (χ4n) is 1.95. The summed E-state index contributed by atoms with van der Waals surface area (Å²) in [6, 6.07) is 14.9. The van der Waals surface area contributed by atoms with Crippen LogP contribution >= 0.6 is 15.9 Å². The van der Waals surface area contributed by atoms with Gasteiger partial charge in [0.05, 0.1) is 18.7 Å². The minimum Gasteiger partial charge on any atom is -0.493 e. The van der Waals surface area contributed by atoms with E-state index >= 15 is 0 Å². The third-order valence-corrected chi connectivity index (χ3v) is 3.49. The van der Waals surface area contributed by atoms with E-state index in [0.29, 0.717) is 23.6 Å². The van der Waals surface area contributed by atoms with Crippen LogP contribution in [0.3, 0.4) is 0 Å². The molecule has 0 heterocycles. The molecule has 1 unspecified atom stereocenters. The average Bonchev–Trinajstić information content (AvgIpc) is 2.52. The van der Waals surface area contributed by atoms with Crippen LogP contribution in [0, 0.1) is 11.3 Å². The number of rotatable bonds is 5. The molecule has 2 aromatic rings. The Bertz CT molecular complexity index is 668. The highest BCUT2D eigenvalue weighted by molar-refractivity contribution is 9.10. The van der Waals surface area contributed by atoms with Crippen molar-refractivity contribution < 1.29 is 9.47 Å². The van der Waals surface area contributed by atoms with Crippen molar-refractivity contribution in [3.05, 3.63) is 58.1 Å². The first-order chi connectivity index (χ1) is 10.2. The van der Waals surface area contributed by atoms with Gasteiger partial charge in [0, 0.05) is 17.1 Å². The summed E-state index contributed by atoms with van der Waals surface area (Å²) in [4.78, 5) is 0. The Morgan fingerprint density at radius 3 is 2.67 bits per heavy atom. The molecule has 2 aromatic carbocycles. The Labute approximate surface area is 132 Å². The topological polar surface area (TPSA) is 68.3 Å². The molecule has 0 aromatic heterocycles. The van der Waals surface area contributed by atoms with Crippen molar-refractivity contribution in [2.24, 2.45) is 5.73 Å². The number of benzene rings is 2. The number of nitriles is 1. The van der Waals surface area contributed by atoms with Crippen molar-refractivity contribution in [3.63, 3.8) is 0 Å². The van der Waals surface area contributed by atoms with E-state index < -0.39 is 0 Å². The largest absolute Gasteiger partial charge is 0.493 e. The van der Waals surface area contributed by atoms with Gasteiger partial charge in [0.1, 0.15) is 6.10 Å². The number of hydrogen-bond acceptors (Lipinski definition) is 4. The summed E-state index contributed by atoms with van der Waals surface area (Å²) in [7, 11) is 1.54. The molecule has 5 heteroatoms. The molecule has 0 fully saturated rings. The number of hydrogen-bond donors (Lipinski definition) is 1. The van der Waals surface area contributed by atoms with Crippen LogP contribution in [0.15, 0.2) is 46.9 Å². The predicted octanol–water partition coefficient (Wildman–Crippen LogP) is 3.41. The lowest BCUT2D eigenvalue weighted by molar-refractivity contribution is 0.204. The quantitative estimate of drug-likeness (QED) is 0.900. The molecule has 108 valence electrons. The highest BCUT2D eigenvalue weighted by atomic mass is 79.9. The molecule has 2 rings (SSSR count). The third kappa shape index (κ3) is 3.75. The van der Waals surface area contributed by atoms with Crippen LogP contribution in [0.5, 0.6) is 11.5 Å². The van der Waals surface area contributed by atoms with Crippen molar-refractivity contribution in [3.8, 4) is 17.6 Å². The zero-order valence-electron chi connectivity index (χ0n) is 11.5. The molecule has 0 aliphatic heterocycles. The number of nitrogens with zero attached hydrogens (tertiary/aromatic N) is 1. The van der Waals surface area contributed by atoms with Crippen molar-refractivity contribution >= 4 is 15.9 Å². The maximum Gasteiger partial charge on any atom is 0.162 e. The van der Waals surface area contributed by atoms with Crippen molar-refractivity contribution in [2.75, 3.05) is 13.7 Å². The summed E-state index contributed by atoms with van der Waals surface area (Å²) in [5, 5.41) is 8.91. The molecule has 0 saturated heterocycles. The van der Waals surface area contributed by atoms with E-state index in [1.807, 2.05) is 24.3 Å². The summed E-state index contributed by atoms with van der Waals surface area (Å²) < 4.78 is 12.2. The number of halogens is 1. The van der Waals surface area contributed by atoms with Gasteiger partial charge in [-0.25, -0.2) is 0 Å². The predicted molar refractivity (Wildman–Crippen MR) is 84.3 cm³/mol. The molecule has 2 N–H and O–H groups in total. The molecule has 0 aliphatic carbocycles. The fraction of sp³-hybridized carbons (Fsp3) is 0.188. The number of ether oxygens (including phenoxy) is 2. The first kappa shape index (κ1) is 15.4. The Balaban J connectivity index is 2.29. The van der Waals surface area contributed by atoms with Gasteiger partial charge in [-0.3, -0.25) is 0 Å². The van der Waals surface area contributed by atoms with Crippen LogP contribution in [0.1, 0.15) is 17.2 Å². The van der Waals surface area contributed by atoms with Crippen LogP contribution in [0.25, 0.3) is 0 Å². The minimum atomic E-state index is -0.288. The maximum atomic E-state index is 8.91. The second-order valence-corrected chi connectivity index (χ2v) is 5.29. The smallest absolute Gasteiger partial charge is 0.162 e. The molecule has 0 saturated carbocycles. The highest BCUT2D eigenvalue weighted by Crippen LogP contribution is 2.32. The van der Waals surface area contributed by atoms with E-state index in [9.17, 15) is 0 Å². The zero-order chi connectivity index (χ0) is 15.2. The molecule has 0 radical (unpaired) electrons. The Morgan fingerprint density at radius 2 is 2.05 bits per heavy atom. The summed E-state index contributed by atoms with van der Waals surface area (Å²) in [6.45, 7) is 0.333. The van der Waals surface area contributed by atoms with Crippen LogP contribution in [0.4, 0.5) is 0 Å². The van der Waals surface area contributed by atoms with E-state index in [2.05, 4.69) is 22.0 Å². The highest BCUT2D eigenvalue weighted by Gasteiger charge is 2.15. The van der Waals surface area contributed by atoms with Crippen LogP contribution in [-0.4, -0.2) is 13.7 Å². The lowest BCUT2D eigenvalue weighted by atomic mass is 10.1. The van der Waals surface area contributed by atoms with Crippen molar-refractivity contribution in [1.82, 2.24) is 0 Å². The summed E-state index contributed by atoms with van der Waals surface area (Å²) in [6.07, 6.45) is -0.288. The Morgan fingerprint density at radius 1 is 1.24 bits per heavy atom. The van der Waals surface area contributed by atoms with Crippen LogP contribution in [-0.2, 0) is 0 Å². The van der Waals surface area contributed by atoms with Gasteiger partial charge < -0.3 is 15.2 Å². The lowest BCUT2D eigenvalue weighted by Gasteiger charge is -2.19. The Hall–Kier alpha value is -2.03. The van der Waals surface area contributed by atoms with E-state index in [-0.39, 0.29) is 6.10 Å². The Kier molecular flexibility index (Phi) is 5.20. The monoisotopic (exact) mass is 346 g/mol. The molecule has 0 amide bonds. The second-order valence-electron chi connectivity index (χ2n) is 4.37. The molecular formula is C16H15BrN2O2. The van der Waals surface area contributed by atoms with Crippen LogP contribution in [0.2, 0.25) is 0 Å². The summed E-state index contributed by atoms with van der Waals surface area (Å²) in [5.41, 5.74) is 7.31. The fourth-order valence-corrected chi connectivity index (χ4v) is 2.36. The van der Waals surface area contributed by atoms with E-state index in [1.165, 1.54) is 0 Å². The van der Waals surface area contributed by atoms with Gasteiger partial charge in [-0.05, 0) is 29.8 Å². The number of methoxy groups -OCH3 is 1. The second kappa shape index (κ2) is 7.11. The maximum absolute atomic E-state index is 8.91. The van der Waals surface area contributed by atoms with Gasteiger partial charge in [0.25, 0.3) is 0 Å². The SMILES string of the molecule is COc1cc(C#N)ccc1OC(CN)c1cccc(Br)c1. The van der Waals surface area contributed by atoms with Gasteiger partial charge in [-0.2, -0.15) is 5.26 Å². The van der Waals surface area contributed by atoms with Crippen molar-refractivity contribution in [1.29, 1.82) is 5.26 Å². The molecule has 0 aliphatic rings. The molecule has 1 atom stereocenters. The zero-order valence-corrected chi connectivity index (χ0v) is 13.1. The van der Waals surface area contributed by atoms with Gasteiger partial charge in [0.2, 0.25) is 0 Å². The van der Waals surface area contributed by atoms with E-state index in [1.54, 1.807) is 25.3 Å². The van der Waals surface area contributed by atoms with Gasteiger partial charge in [0.15, 0.2) is 11.5 Å². The van der Waals surface area contributed by atoms with Crippen molar-refractivity contribution in [2.45, 2.75) is 6.10 Å².